The molecule has 2 aliphatic heterocycles. The number of pyridine rings is 1. The molecule has 3 aromatic rings. The molecule has 0 spiro atoms. The van der Waals surface area contributed by atoms with Gasteiger partial charge in [-0.05, 0) is 62.1 Å². The fraction of sp³-hybridized carbons (Fsp3) is 0.324. The van der Waals surface area contributed by atoms with E-state index < -0.39 is 82.1 Å². The zero-order valence-corrected chi connectivity index (χ0v) is 27.2. The number of aromatic hydroxyl groups is 1. The van der Waals surface area contributed by atoms with Crippen LogP contribution in [0.5, 0.6) is 5.75 Å². The van der Waals surface area contributed by atoms with Crippen LogP contribution in [0.4, 0.5) is 29.1 Å². The molecule has 2 aliphatic carbocycles. The Morgan fingerprint density at radius 3 is 2.35 bits per heavy atom. The van der Waals surface area contributed by atoms with E-state index in [1.54, 1.807) is 31.2 Å². The summed E-state index contributed by atoms with van der Waals surface area (Å²) in [4.78, 5) is 61.4. The van der Waals surface area contributed by atoms with Gasteiger partial charge in [-0.3, -0.25) is 24.2 Å². The predicted molar refractivity (Wildman–Crippen MR) is 169 cm³/mol. The first-order valence-corrected chi connectivity index (χ1v) is 16.0. The van der Waals surface area contributed by atoms with Crippen LogP contribution < -0.4 is 9.91 Å². The van der Waals surface area contributed by atoms with Crippen LogP contribution in [-0.4, -0.2) is 45.8 Å². The predicted octanol–water partition coefficient (Wildman–Crippen LogP) is 6.53. The number of alkyl halides is 3. The van der Waals surface area contributed by atoms with E-state index in [1.807, 2.05) is 0 Å². The van der Waals surface area contributed by atoms with E-state index >= 15 is 0 Å². The van der Waals surface area contributed by atoms with Crippen LogP contribution in [0.3, 0.4) is 0 Å². The first-order chi connectivity index (χ1) is 23.1. The third-order valence-corrected chi connectivity index (χ3v) is 11.0. The molecule has 254 valence electrons. The van der Waals surface area contributed by atoms with Gasteiger partial charge >= 0.3 is 6.18 Å². The molecule has 0 radical (unpaired) electrons. The Morgan fingerprint density at radius 2 is 1.67 bits per heavy atom. The summed E-state index contributed by atoms with van der Waals surface area (Å²) < 4.78 is 54.6. The number of nitrogens with zero attached hydrogens (tertiary/aromatic N) is 4. The second-order valence-corrected chi connectivity index (χ2v) is 13.6. The number of hydrazine groups is 1. The lowest BCUT2D eigenvalue weighted by atomic mass is 9.51. The Morgan fingerprint density at radius 1 is 0.959 bits per heavy atom. The summed E-state index contributed by atoms with van der Waals surface area (Å²) in [6.45, 7) is 1.62. The highest BCUT2D eigenvalue weighted by Crippen LogP contribution is 2.64. The van der Waals surface area contributed by atoms with E-state index in [0.29, 0.717) is 17.2 Å². The van der Waals surface area contributed by atoms with Crippen LogP contribution in [0, 0.1) is 34.9 Å². The number of carbonyl (C=O) groups excluding carboxylic acids is 4. The molecule has 0 unspecified atom stereocenters. The summed E-state index contributed by atoms with van der Waals surface area (Å²) in [6, 6.07) is 11.4. The highest BCUT2D eigenvalue weighted by Gasteiger charge is 2.68. The molecule has 15 heteroatoms. The number of carbonyl (C=O) groups is 4. The number of anilines is 2. The largest absolute Gasteiger partial charge is 0.508 e. The van der Waals surface area contributed by atoms with Gasteiger partial charge in [0, 0.05) is 18.5 Å². The molecule has 9 nitrogen and oxygen atoms in total. The second kappa shape index (κ2) is 11.3. The first kappa shape index (κ1) is 33.0. The molecule has 49 heavy (non-hydrogen) atoms. The minimum Gasteiger partial charge on any atom is -0.508 e. The van der Waals surface area contributed by atoms with E-state index in [1.165, 1.54) is 25.2 Å². The summed E-state index contributed by atoms with van der Waals surface area (Å²) in [5, 5.41) is 12.2. The smallest absolute Gasteiger partial charge is 0.433 e. The molecule has 6 atom stereocenters. The Bertz CT molecular complexity index is 2010. The molecule has 1 saturated carbocycles. The quantitative estimate of drug-likeness (QED) is 0.186. The van der Waals surface area contributed by atoms with Gasteiger partial charge in [-0.25, -0.2) is 14.3 Å². The maximum atomic E-state index is 14.4. The first-order valence-electron chi connectivity index (χ1n) is 15.2. The van der Waals surface area contributed by atoms with E-state index in [4.69, 9.17) is 23.2 Å². The molecular weight excluding hydrogens is 691 g/mol. The lowest BCUT2D eigenvalue weighted by Gasteiger charge is -2.49. The molecule has 4 amide bonds. The van der Waals surface area contributed by atoms with Gasteiger partial charge in [0.2, 0.25) is 11.8 Å². The van der Waals surface area contributed by atoms with Gasteiger partial charge in [0.1, 0.15) is 17.3 Å². The van der Waals surface area contributed by atoms with Crippen LogP contribution in [0.2, 0.25) is 10.0 Å². The minimum atomic E-state index is -4.82. The average Bonchev–Trinajstić information content (AvgIpc) is 3.41. The van der Waals surface area contributed by atoms with Crippen LogP contribution in [0.15, 0.2) is 66.2 Å². The third-order valence-electron chi connectivity index (χ3n) is 10.4. The van der Waals surface area contributed by atoms with Gasteiger partial charge in [-0.15, -0.1) is 0 Å². The van der Waals surface area contributed by atoms with Crippen molar-refractivity contribution in [1.29, 1.82) is 0 Å². The number of benzene rings is 2. The topological polar surface area (TPSA) is 111 Å². The van der Waals surface area contributed by atoms with Gasteiger partial charge < -0.3 is 5.11 Å². The number of halogens is 6. The summed E-state index contributed by atoms with van der Waals surface area (Å²) in [6.07, 6.45) is -3.07. The van der Waals surface area contributed by atoms with Crippen molar-refractivity contribution < 1.29 is 41.8 Å². The monoisotopic (exact) mass is 716 g/mol. The highest BCUT2D eigenvalue weighted by atomic mass is 35.5. The van der Waals surface area contributed by atoms with Crippen molar-refractivity contribution in [1.82, 2.24) is 9.99 Å². The molecule has 7 rings (SSSR count). The standard InChI is InChI=1S/C34H26Cl2F4N4O5/c1-33-20(30(47)43(32(33)49)15-7-11-23(37)22(36)13-15)14-19-16(27(33)17-5-3-4-6-24(17)45)8-9-18-26(19)31(48)44(29(18)46)42(2)28-21(35)10-12-25(41-28)34(38,39)40/h3-8,10-13,18-20,26-27,45H,9,14H2,1-2H3/t18-,19+,20-,26-,27+,33+/m0/s1. The Kier molecular flexibility index (Phi) is 7.60. The molecule has 3 fully saturated rings. The molecule has 4 aliphatic rings. The van der Waals surface area contributed by atoms with E-state index in [2.05, 4.69) is 4.98 Å². The van der Waals surface area contributed by atoms with Crippen molar-refractivity contribution in [3.8, 4) is 5.75 Å². The number of allylic oxidation sites excluding steroid dienone is 2. The highest BCUT2D eigenvalue weighted by molar-refractivity contribution is 6.33. The van der Waals surface area contributed by atoms with Crippen LogP contribution in [0.25, 0.3) is 0 Å². The maximum absolute atomic E-state index is 14.4. The maximum Gasteiger partial charge on any atom is 0.433 e. The van der Waals surface area contributed by atoms with E-state index in [-0.39, 0.29) is 34.3 Å². The van der Waals surface area contributed by atoms with E-state index in [0.717, 1.165) is 27.1 Å². The van der Waals surface area contributed by atoms with Gasteiger partial charge in [0.15, 0.2) is 5.82 Å². The Balaban J connectivity index is 1.32. The number of aromatic nitrogens is 1. The van der Waals surface area contributed by atoms with Crippen molar-refractivity contribution in [3.05, 3.63) is 93.4 Å². The molecule has 1 aromatic heterocycles. The van der Waals surface area contributed by atoms with Crippen LogP contribution >= 0.6 is 23.2 Å². The lowest BCUT2D eigenvalue weighted by Crippen LogP contribution is -2.49. The number of hydrogen-bond donors (Lipinski definition) is 1. The molecule has 3 heterocycles. The number of imide groups is 2. The molecule has 0 bridgehead atoms. The minimum absolute atomic E-state index is 0.0390. The summed E-state index contributed by atoms with van der Waals surface area (Å²) in [5.74, 6) is -8.78. The molecular formula is C34H26Cl2F4N4O5. The van der Waals surface area contributed by atoms with Crippen molar-refractivity contribution >= 4 is 58.3 Å². The molecule has 1 N–H and O–H groups in total. The van der Waals surface area contributed by atoms with Crippen molar-refractivity contribution in [3.63, 3.8) is 0 Å². The van der Waals surface area contributed by atoms with Gasteiger partial charge in [-0.2, -0.15) is 18.2 Å². The number of fused-ring (bicyclic) bond motifs is 4. The number of rotatable bonds is 4. The summed E-state index contributed by atoms with van der Waals surface area (Å²) in [7, 11) is 1.21. The average molecular weight is 718 g/mol. The number of amides is 4. The third kappa shape index (κ3) is 4.76. The molecule has 2 saturated heterocycles. The molecule has 2 aromatic carbocycles. The zero-order valence-electron chi connectivity index (χ0n) is 25.7. The normalized spacial score (nSPS) is 28.0. The second-order valence-electron chi connectivity index (χ2n) is 12.8. The summed E-state index contributed by atoms with van der Waals surface area (Å²) in [5.41, 5.74) is -1.80. The van der Waals surface area contributed by atoms with Crippen molar-refractivity contribution in [2.24, 2.45) is 29.1 Å². The number of phenolic OH excluding ortho intramolecular Hbond substituents is 1. The fourth-order valence-corrected chi connectivity index (χ4v) is 8.55. The van der Waals surface area contributed by atoms with Gasteiger partial charge in [0.25, 0.3) is 11.8 Å². The van der Waals surface area contributed by atoms with Crippen LogP contribution in [-0.2, 0) is 25.4 Å². The zero-order chi connectivity index (χ0) is 35.3. The Labute approximate surface area is 286 Å². The van der Waals surface area contributed by atoms with E-state index in [9.17, 15) is 41.8 Å². The van der Waals surface area contributed by atoms with Gasteiger partial charge in [0.05, 0.1) is 38.9 Å². The fourth-order valence-electron chi connectivity index (χ4n) is 8.15. The number of phenols is 1. The van der Waals surface area contributed by atoms with Crippen molar-refractivity contribution in [2.75, 3.05) is 17.0 Å². The Hall–Kier alpha value is -4.49. The lowest BCUT2D eigenvalue weighted by molar-refractivity contribution is -0.141. The van der Waals surface area contributed by atoms with Crippen molar-refractivity contribution in [2.45, 2.75) is 31.9 Å². The number of hydrogen-bond acceptors (Lipinski definition) is 7. The van der Waals surface area contributed by atoms with Crippen LogP contribution in [0.1, 0.15) is 36.9 Å². The number of para-hydroxylation sites is 1. The van der Waals surface area contributed by atoms with Gasteiger partial charge in [-0.1, -0.05) is 53.1 Å². The SMILES string of the molecule is CN(c1nc(C(F)(F)F)ccc1Cl)N1C(=O)[C@H]2[C@H](CC=C3[C@H]2C[C@H]2C(=O)N(c4ccc(F)c(Cl)c4)C(=O)[C@@]2(C)[C@H]3c2ccccc2O)C1=O. The summed E-state index contributed by atoms with van der Waals surface area (Å²) >= 11 is 12.2.